The third-order valence-electron chi connectivity index (χ3n) is 2.80. The molecule has 0 fully saturated rings. The number of halogens is 4. The van der Waals surface area contributed by atoms with Crippen LogP contribution in [0.2, 0.25) is 5.02 Å². The molecule has 1 unspecified atom stereocenters. The molecule has 0 amide bonds. The van der Waals surface area contributed by atoms with Crippen LogP contribution in [-0.2, 0) is 0 Å². The second-order valence-electron chi connectivity index (χ2n) is 4.12. The van der Waals surface area contributed by atoms with Crippen LogP contribution in [0.1, 0.15) is 22.9 Å². The first-order chi connectivity index (χ1) is 9.54. The fourth-order valence-corrected chi connectivity index (χ4v) is 3.53. The first-order valence-electron chi connectivity index (χ1n) is 6.04. The van der Waals surface area contributed by atoms with Gasteiger partial charge in [-0.05, 0) is 52.7 Å². The Balaban J connectivity index is 2.39. The van der Waals surface area contributed by atoms with Crippen molar-refractivity contribution in [2.75, 3.05) is 6.61 Å². The van der Waals surface area contributed by atoms with Gasteiger partial charge in [0.25, 0.3) is 0 Å². The molecular weight excluding hydrogens is 410 g/mol. The Bertz CT molecular complexity index is 599. The molecule has 20 heavy (non-hydrogen) atoms. The van der Waals surface area contributed by atoms with Gasteiger partial charge in [-0.25, -0.2) is 4.39 Å². The van der Waals surface area contributed by atoms with Crippen LogP contribution in [0.3, 0.4) is 0 Å². The Morgan fingerprint density at radius 1 is 1.30 bits per heavy atom. The maximum Gasteiger partial charge on any atom is 0.133 e. The molecular formula is C15H12Br2ClFO. The zero-order valence-electron chi connectivity index (χ0n) is 10.7. The summed E-state index contributed by atoms with van der Waals surface area (Å²) in [7, 11) is 0. The fraction of sp³-hybridized carbons (Fsp3) is 0.200. The van der Waals surface area contributed by atoms with Crippen LogP contribution in [0.4, 0.5) is 4.39 Å². The minimum Gasteiger partial charge on any atom is -0.493 e. The van der Waals surface area contributed by atoms with E-state index in [1.54, 1.807) is 12.1 Å². The van der Waals surface area contributed by atoms with Crippen molar-refractivity contribution in [2.45, 2.75) is 11.8 Å². The van der Waals surface area contributed by atoms with Crippen molar-refractivity contribution in [1.29, 1.82) is 0 Å². The fourth-order valence-electron chi connectivity index (χ4n) is 1.87. The van der Waals surface area contributed by atoms with E-state index in [9.17, 15) is 4.39 Å². The van der Waals surface area contributed by atoms with Crippen molar-refractivity contribution in [2.24, 2.45) is 0 Å². The lowest BCUT2D eigenvalue weighted by atomic mass is 10.0. The summed E-state index contributed by atoms with van der Waals surface area (Å²) in [5.41, 5.74) is 1.33. The summed E-state index contributed by atoms with van der Waals surface area (Å²) in [6, 6.07) is 10.3. The van der Waals surface area contributed by atoms with Gasteiger partial charge in [-0.15, -0.1) is 0 Å². The van der Waals surface area contributed by atoms with E-state index in [1.165, 1.54) is 6.07 Å². The Hall–Kier alpha value is -0.580. The monoisotopic (exact) mass is 420 g/mol. The van der Waals surface area contributed by atoms with E-state index in [0.29, 0.717) is 17.2 Å². The van der Waals surface area contributed by atoms with Crippen LogP contribution in [-0.4, -0.2) is 6.61 Å². The molecule has 106 valence electrons. The zero-order chi connectivity index (χ0) is 14.7. The number of alkyl halides is 1. The zero-order valence-corrected chi connectivity index (χ0v) is 14.6. The Morgan fingerprint density at radius 3 is 2.65 bits per heavy atom. The predicted octanol–water partition coefficient (Wildman–Crippen LogP) is 6.12. The first kappa shape index (κ1) is 15.8. The first-order valence-corrected chi connectivity index (χ1v) is 8.13. The van der Waals surface area contributed by atoms with Gasteiger partial charge in [0, 0.05) is 10.6 Å². The van der Waals surface area contributed by atoms with Crippen LogP contribution >= 0.6 is 43.5 Å². The van der Waals surface area contributed by atoms with Crippen LogP contribution in [0.15, 0.2) is 40.9 Å². The van der Waals surface area contributed by atoms with Gasteiger partial charge in [-0.3, -0.25) is 0 Å². The Labute approximate surface area is 139 Å². The van der Waals surface area contributed by atoms with E-state index in [4.69, 9.17) is 16.3 Å². The summed E-state index contributed by atoms with van der Waals surface area (Å²) in [6.07, 6.45) is 0. The van der Waals surface area contributed by atoms with Gasteiger partial charge in [0.05, 0.1) is 15.9 Å². The van der Waals surface area contributed by atoms with Gasteiger partial charge < -0.3 is 4.74 Å². The van der Waals surface area contributed by atoms with Crippen molar-refractivity contribution in [3.63, 3.8) is 0 Å². The highest BCUT2D eigenvalue weighted by Gasteiger charge is 2.19. The van der Waals surface area contributed by atoms with Crippen LogP contribution in [0.5, 0.6) is 5.75 Å². The molecule has 0 N–H and O–H groups in total. The largest absolute Gasteiger partial charge is 0.493 e. The smallest absolute Gasteiger partial charge is 0.133 e. The average Bonchev–Trinajstić information content (AvgIpc) is 2.41. The van der Waals surface area contributed by atoms with Gasteiger partial charge in [0.2, 0.25) is 0 Å². The second-order valence-corrected chi connectivity index (χ2v) is 6.30. The van der Waals surface area contributed by atoms with Gasteiger partial charge in [-0.2, -0.15) is 0 Å². The molecule has 0 spiro atoms. The maximum atomic E-state index is 13.9. The summed E-state index contributed by atoms with van der Waals surface area (Å²) >= 11 is 13.0. The Morgan fingerprint density at radius 2 is 2.05 bits per heavy atom. The maximum absolute atomic E-state index is 13.9. The molecule has 0 aliphatic heterocycles. The normalized spacial score (nSPS) is 12.2. The molecule has 0 radical (unpaired) electrons. The standard InChI is InChI=1S/C15H12Br2ClFO/c1-2-20-13-7-6-9(8-10(13)16)15(17)14-11(18)4-3-5-12(14)19/h3-8,15H,2H2,1H3. The number of benzene rings is 2. The summed E-state index contributed by atoms with van der Waals surface area (Å²) in [6.45, 7) is 2.52. The number of hydrogen-bond donors (Lipinski definition) is 0. The second kappa shape index (κ2) is 6.92. The van der Waals surface area contributed by atoms with E-state index >= 15 is 0 Å². The molecule has 0 heterocycles. The quantitative estimate of drug-likeness (QED) is 0.539. The van der Waals surface area contributed by atoms with Gasteiger partial charge >= 0.3 is 0 Å². The van der Waals surface area contributed by atoms with E-state index < -0.39 is 0 Å². The summed E-state index contributed by atoms with van der Waals surface area (Å²) < 4.78 is 20.2. The molecule has 0 aromatic heterocycles. The molecule has 1 nitrogen and oxygen atoms in total. The van der Waals surface area contributed by atoms with Crippen LogP contribution in [0, 0.1) is 5.82 Å². The molecule has 2 aromatic carbocycles. The highest BCUT2D eigenvalue weighted by Crippen LogP contribution is 2.39. The molecule has 5 heteroatoms. The molecule has 0 aliphatic carbocycles. The Kier molecular flexibility index (Phi) is 5.47. The van der Waals surface area contributed by atoms with E-state index in [2.05, 4.69) is 31.9 Å². The van der Waals surface area contributed by atoms with Crippen LogP contribution < -0.4 is 4.74 Å². The third-order valence-corrected chi connectivity index (χ3v) is 4.74. The summed E-state index contributed by atoms with van der Waals surface area (Å²) in [4.78, 5) is -0.317. The van der Waals surface area contributed by atoms with Gasteiger partial charge in [0.15, 0.2) is 0 Å². The molecule has 2 rings (SSSR count). The highest BCUT2D eigenvalue weighted by molar-refractivity contribution is 9.10. The molecule has 0 saturated carbocycles. The number of hydrogen-bond acceptors (Lipinski definition) is 1. The number of rotatable bonds is 4. The van der Waals surface area contributed by atoms with Gasteiger partial charge in [-0.1, -0.05) is 39.7 Å². The minimum absolute atomic E-state index is 0.317. The van der Waals surface area contributed by atoms with E-state index in [0.717, 1.165) is 15.8 Å². The lowest BCUT2D eigenvalue weighted by molar-refractivity contribution is 0.338. The summed E-state index contributed by atoms with van der Waals surface area (Å²) in [5, 5.41) is 0.400. The van der Waals surface area contributed by atoms with Gasteiger partial charge in [0.1, 0.15) is 11.6 Å². The molecule has 0 aliphatic rings. The van der Waals surface area contributed by atoms with E-state index in [1.807, 2.05) is 25.1 Å². The predicted molar refractivity (Wildman–Crippen MR) is 87.5 cm³/mol. The molecule has 0 saturated heterocycles. The van der Waals surface area contributed by atoms with Crippen LogP contribution in [0.25, 0.3) is 0 Å². The van der Waals surface area contributed by atoms with Crippen molar-refractivity contribution < 1.29 is 9.13 Å². The molecule has 0 bridgehead atoms. The third kappa shape index (κ3) is 3.35. The van der Waals surface area contributed by atoms with Crippen molar-refractivity contribution >= 4 is 43.5 Å². The molecule has 1 atom stereocenters. The lowest BCUT2D eigenvalue weighted by Gasteiger charge is -2.15. The van der Waals surface area contributed by atoms with E-state index in [-0.39, 0.29) is 10.6 Å². The average molecular weight is 423 g/mol. The lowest BCUT2D eigenvalue weighted by Crippen LogP contribution is -1.99. The highest BCUT2D eigenvalue weighted by atomic mass is 79.9. The van der Waals surface area contributed by atoms with Crippen molar-refractivity contribution in [3.05, 3.63) is 62.8 Å². The summed E-state index contributed by atoms with van der Waals surface area (Å²) in [5.74, 6) is 0.431. The number of ether oxygens (including phenoxy) is 1. The van der Waals surface area contributed by atoms with Crippen molar-refractivity contribution in [3.8, 4) is 5.75 Å². The minimum atomic E-state index is -0.329. The molecule has 2 aromatic rings. The van der Waals surface area contributed by atoms with Crippen molar-refractivity contribution in [1.82, 2.24) is 0 Å². The SMILES string of the molecule is CCOc1ccc(C(Br)c2c(F)cccc2Cl)cc1Br. The topological polar surface area (TPSA) is 9.23 Å².